The maximum absolute atomic E-state index is 5.78. The van der Waals surface area contributed by atoms with E-state index in [0.717, 1.165) is 39.0 Å². The fraction of sp³-hybridized carbons (Fsp3) is 1.00. The lowest BCUT2D eigenvalue weighted by Crippen LogP contribution is -2.33. The zero-order valence-electron chi connectivity index (χ0n) is 24.7. The fourth-order valence-corrected chi connectivity index (χ4v) is 3.40. The quantitative estimate of drug-likeness (QED) is 0.124. The van der Waals surface area contributed by atoms with Crippen molar-refractivity contribution in [1.82, 2.24) is 5.32 Å². The van der Waals surface area contributed by atoms with Gasteiger partial charge in [0.15, 0.2) is 0 Å². The van der Waals surface area contributed by atoms with E-state index in [-0.39, 0.29) is 0 Å². The summed E-state index contributed by atoms with van der Waals surface area (Å²) in [5.74, 6) is 0.603. The van der Waals surface area contributed by atoms with Gasteiger partial charge in [0.2, 0.25) is 0 Å². The predicted molar refractivity (Wildman–Crippen MR) is 149 cm³/mol. The molecule has 0 aromatic carbocycles. The van der Waals surface area contributed by atoms with Crippen LogP contribution < -0.4 is 5.32 Å². The van der Waals surface area contributed by atoms with Crippen LogP contribution in [0.25, 0.3) is 0 Å². The Bertz CT molecular complexity index is 472. The van der Waals surface area contributed by atoms with Gasteiger partial charge in [-0.3, -0.25) is 0 Å². The molecule has 11 nitrogen and oxygen atoms in total. The van der Waals surface area contributed by atoms with Crippen molar-refractivity contribution in [1.29, 1.82) is 0 Å². The van der Waals surface area contributed by atoms with Crippen LogP contribution in [0, 0.1) is 5.92 Å². The van der Waals surface area contributed by atoms with E-state index in [0.29, 0.717) is 131 Å². The summed E-state index contributed by atoms with van der Waals surface area (Å²) in [4.78, 5) is 0. The lowest BCUT2D eigenvalue weighted by molar-refractivity contribution is -0.0322. The van der Waals surface area contributed by atoms with Crippen LogP contribution in [-0.4, -0.2) is 145 Å². The summed E-state index contributed by atoms with van der Waals surface area (Å²) in [6.07, 6.45) is 3.69. The Labute approximate surface area is 236 Å². The number of ether oxygens (including phenoxy) is 10. The number of rotatable bonds is 31. The van der Waals surface area contributed by atoms with Crippen molar-refractivity contribution in [2.45, 2.75) is 39.2 Å². The molecule has 1 fully saturated rings. The smallest absolute Gasteiger partial charge is 0.0704 e. The lowest BCUT2D eigenvalue weighted by Gasteiger charge is -2.22. The standard InChI is InChI=1S/C28H57NO10/c1-3-27(2)26-38-23-22-36-19-18-34-15-14-32-11-10-30-8-9-31-12-13-33-16-17-35-20-21-37-24-25-39-28-4-6-29-7-5-28/h27-29H,3-26H2,1-2H3. The van der Waals surface area contributed by atoms with E-state index in [1.54, 1.807) is 0 Å². The summed E-state index contributed by atoms with van der Waals surface area (Å²) < 4.78 is 55.2. The molecule has 1 N–H and O–H groups in total. The van der Waals surface area contributed by atoms with E-state index >= 15 is 0 Å². The summed E-state index contributed by atoms with van der Waals surface area (Å²) in [5, 5.41) is 3.33. The van der Waals surface area contributed by atoms with E-state index in [9.17, 15) is 0 Å². The van der Waals surface area contributed by atoms with Crippen LogP contribution in [0.5, 0.6) is 0 Å². The third kappa shape index (κ3) is 27.5. The molecule has 1 atom stereocenters. The summed E-state index contributed by atoms with van der Waals surface area (Å²) in [6, 6.07) is 0. The van der Waals surface area contributed by atoms with Gasteiger partial charge >= 0.3 is 0 Å². The van der Waals surface area contributed by atoms with E-state index in [1.807, 2.05) is 0 Å². The van der Waals surface area contributed by atoms with E-state index in [2.05, 4.69) is 19.2 Å². The van der Waals surface area contributed by atoms with Crippen LogP contribution in [0.2, 0.25) is 0 Å². The average molecular weight is 568 g/mol. The Hall–Kier alpha value is -0.440. The second-order valence-corrected chi connectivity index (χ2v) is 9.31. The summed E-state index contributed by atoms with van der Waals surface area (Å²) in [5.41, 5.74) is 0. The Kier molecular flexibility index (Phi) is 28.6. The van der Waals surface area contributed by atoms with E-state index in [4.69, 9.17) is 47.4 Å². The van der Waals surface area contributed by atoms with Gasteiger partial charge in [-0.25, -0.2) is 0 Å². The van der Waals surface area contributed by atoms with Crippen molar-refractivity contribution >= 4 is 0 Å². The van der Waals surface area contributed by atoms with Crippen LogP contribution in [0.3, 0.4) is 0 Å². The zero-order chi connectivity index (χ0) is 27.9. The number of hydrogen-bond donors (Lipinski definition) is 1. The summed E-state index contributed by atoms with van der Waals surface area (Å²) in [7, 11) is 0. The topological polar surface area (TPSA) is 104 Å². The van der Waals surface area contributed by atoms with Crippen molar-refractivity contribution in [3.8, 4) is 0 Å². The highest BCUT2D eigenvalue weighted by Gasteiger charge is 2.12. The molecule has 0 amide bonds. The molecule has 0 aliphatic carbocycles. The first-order chi connectivity index (χ1) is 19.3. The minimum atomic E-state index is 0.378. The molecule has 1 unspecified atom stereocenters. The normalized spacial score (nSPS) is 15.2. The van der Waals surface area contributed by atoms with Crippen molar-refractivity contribution in [3.05, 3.63) is 0 Å². The molecule has 1 aliphatic rings. The Balaban J connectivity index is 1.61. The molecule has 234 valence electrons. The van der Waals surface area contributed by atoms with Crippen molar-refractivity contribution in [3.63, 3.8) is 0 Å². The van der Waals surface area contributed by atoms with Crippen LogP contribution in [0.1, 0.15) is 33.1 Å². The molecule has 0 aromatic heterocycles. The second kappa shape index (κ2) is 30.5. The first-order valence-electron chi connectivity index (χ1n) is 14.8. The molecule has 0 radical (unpaired) electrons. The zero-order valence-corrected chi connectivity index (χ0v) is 24.7. The van der Waals surface area contributed by atoms with E-state index in [1.165, 1.54) is 0 Å². The molecule has 0 bridgehead atoms. The fourth-order valence-electron chi connectivity index (χ4n) is 3.40. The maximum atomic E-state index is 5.78. The van der Waals surface area contributed by atoms with Gasteiger partial charge in [-0.05, 0) is 31.8 Å². The van der Waals surface area contributed by atoms with Gasteiger partial charge in [0.05, 0.1) is 125 Å². The molecule has 0 saturated carbocycles. The second-order valence-electron chi connectivity index (χ2n) is 9.31. The number of piperidine rings is 1. The lowest BCUT2D eigenvalue weighted by atomic mass is 10.1. The molecular formula is C28H57NO10. The monoisotopic (exact) mass is 567 g/mol. The molecule has 39 heavy (non-hydrogen) atoms. The van der Waals surface area contributed by atoms with Gasteiger partial charge < -0.3 is 52.7 Å². The first kappa shape index (κ1) is 36.6. The highest BCUT2D eigenvalue weighted by Crippen LogP contribution is 2.06. The molecule has 0 spiro atoms. The van der Waals surface area contributed by atoms with Gasteiger partial charge in [-0.1, -0.05) is 20.3 Å². The molecule has 0 aromatic rings. The molecule has 1 saturated heterocycles. The van der Waals surface area contributed by atoms with Crippen molar-refractivity contribution in [2.75, 3.05) is 139 Å². The third-order valence-corrected chi connectivity index (χ3v) is 5.94. The largest absolute Gasteiger partial charge is 0.379 e. The molecular weight excluding hydrogens is 510 g/mol. The maximum Gasteiger partial charge on any atom is 0.0704 e. The Morgan fingerprint density at radius 3 is 1.13 bits per heavy atom. The van der Waals surface area contributed by atoms with Crippen molar-refractivity contribution < 1.29 is 47.4 Å². The third-order valence-electron chi connectivity index (χ3n) is 5.94. The molecule has 11 heteroatoms. The summed E-state index contributed by atoms with van der Waals surface area (Å²) >= 11 is 0. The van der Waals surface area contributed by atoms with Crippen LogP contribution in [-0.2, 0) is 47.4 Å². The van der Waals surface area contributed by atoms with Crippen LogP contribution in [0.15, 0.2) is 0 Å². The molecule has 1 heterocycles. The Morgan fingerprint density at radius 2 is 0.795 bits per heavy atom. The van der Waals surface area contributed by atoms with E-state index < -0.39 is 0 Å². The van der Waals surface area contributed by atoms with Gasteiger partial charge in [-0.2, -0.15) is 0 Å². The highest BCUT2D eigenvalue weighted by molar-refractivity contribution is 4.67. The van der Waals surface area contributed by atoms with Gasteiger partial charge in [0.1, 0.15) is 0 Å². The Morgan fingerprint density at radius 1 is 0.487 bits per heavy atom. The van der Waals surface area contributed by atoms with Gasteiger partial charge in [0.25, 0.3) is 0 Å². The SMILES string of the molecule is CCC(C)COCCOCCOCCOCCOCCOCCOCCOCCOCCOC1CCNCC1. The van der Waals surface area contributed by atoms with Gasteiger partial charge in [0, 0.05) is 6.61 Å². The predicted octanol–water partition coefficient (Wildman–Crippen LogP) is 1.95. The number of nitrogens with one attached hydrogen (secondary N) is 1. The van der Waals surface area contributed by atoms with Gasteiger partial charge in [-0.15, -0.1) is 0 Å². The highest BCUT2D eigenvalue weighted by atomic mass is 16.6. The summed E-state index contributed by atoms with van der Waals surface area (Å²) in [6.45, 7) is 17.4. The minimum absolute atomic E-state index is 0.378. The first-order valence-corrected chi connectivity index (χ1v) is 14.8. The average Bonchev–Trinajstić information content (AvgIpc) is 2.96. The van der Waals surface area contributed by atoms with Crippen LogP contribution in [0.4, 0.5) is 0 Å². The minimum Gasteiger partial charge on any atom is -0.379 e. The molecule has 1 aliphatic heterocycles. The molecule has 1 rings (SSSR count). The van der Waals surface area contributed by atoms with Crippen molar-refractivity contribution in [2.24, 2.45) is 5.92 Å². The number of hydrogen-bond acceptors (Lipinski definition) is 11. The van der Waals surface area contributed by atoms with Crippen LogP contribution >= 0.6 is 0 Å².